The Morgan fingerprint density at radius 1 is 1.18 bits per heavy atom. The molecule has 0 atom stereocenters. The van der Waals surface area contributed by atoms with Crippen molar-refractivity contribution in [3.63, 3.8) is 0 Å². The summed E-state index contributed by atoms with van der Waals surface area (Å²) in [7, 11) is 0. The molecular formula is C20H16FN5OS. The molecule has 0 saturated heterocycles. The van der Waals surface area contributed by atoms with Crippen molar-refractivity contribution in [2.45, 2.75) is 13.5 Å². The zero-order valence-electron chi connectivity index (χ0n) is 15.0. The van der Waals surface area contributed by atoms with E-state index in [-0.39, 0.29) is 11.7 Å². The Balaban J connectivity index is 1.49. The normalized spacial score (nSPS) is 10.8. The number of halogens is 1. The third-order valence-electron chi connectivity index (χ3n) is 4.14. The molecule has 4 rings (SSSR count). The summed E-state index contributed by atoms with van der Waals surface area (Å²) in [5.41, 5.74) is 2.39. The molecule has 6 nitrogen and oxygen atoms in total. The molecule has 0 saturated carbocycles. The Kier molecular flexibility index (Phi) is 4.94. The molecular weight excluding hydrogens is 377 g/mol. The number of carbonyl (C=O) groups is 1. The molecule has 0 unspecified atom stereocenters. The van der Waals surface area contributed by atoms with Gasteiger partial charge in [0.15, 0.2) is 0 Å². The van der Waals surface area contributed by atoms with Crippen molar-refractivity contribution in [2.75, 3.05) is 5.32 Å². The quantitative estimate of drug-likeness (QED) is 0.553. The second-order valence-electron chi connectivity index (χ2n) is 6.15. The highest BCUT2D eigenvalue weighted by atomic mass is 32.1. The standard InChI is InChI=1S/C20H16FN5OS/c1-13-18(25-20(28-13)16-4-2-3-5-17(16)21)19(27)24-15-8-6-14(7-9-15)10-26-12-22-11-23-26/h2-9,11-12H,10H2,1H3,(H,24,27). The molecule has 140 valence electrons. The van der Waals surface area contributed by atoms with E-state index in [9.17, 15) is 9.18 Å². The summed E-state index contributed by atoms with van der Waals surface area (Å²) in [5, 5.41) is 7.40. The van der Waals surface area contributed by atoms with Crippen LogP contribution in [0.25, 0.3) is 10.6 Å². The van der Waals surface area contributed by atoms with Gasteiger partial charge in [0.1, 0.15) is 29.2 Å². The number of benzene rings is 2. The number of amides is 1. The molecule has 0 aliphatic rings. The van der Waals surface area contributed by atoms with Crippen LogP contribution < -0.4 is 5.32 Å². The van der Waals surface area contributed by atoms with E-state index in [1.165, 1.54) is 23.7 Å². The second-order valence-corrected chi connectivity index (χ2v) is 7.35. The monoisotopic (exact) mass is 393 g/mol. The van der Waals surface area contributed by atoms with Gasteiger partial charge in [-0.05, 0) is 36.8 Å². The van der Waals surface area contributed by atoms with Gasteiger partial charge in [-0.2, -0.15) is 5.10 Å². The maximum Gasteiger partial charge on any atom is 0.275 e. The molecule has 2 heterocycles. The van der Waals surface area contributed by atoms with E-state index in [4.69, 9.17) is 0 Å². The third kappa shape index (κ3) is 3.81. The highest BCUT2D eigenvalue weighted by Gasteiger charge is 2.18. The van der Waals surface area contributed by atoms with Gasteiger partial charge in [0, 0.05) is 16.1 Å². The minimum Gasteiger partial charge on any atom is -0.321 e. The van der Waals surface area contributed by atoms with E-state index in [1.807, 2.05) is 24.3 Å². The Morgan fingerprint density at radius 3 is 2.68 bits per heavy atom. The first-order chi connectivity index (χ1) is 13.6. The van der Waals surface area contributed by atoms with Gasteiger partial charge < -0.3 is 5.32 Å². The number of carbonyl (C=O) groups excluding carboxylic acids is 1. The second kappa shape index (κ2) is 7.69. The van der Waals surface area contributed by atoms with Crippen LogP contribution in [0.3, 0.4) is 0 Å². The molecule has 1 amide bonds. The molecule has 4 aromatic rings. The van der Waals surface area contributed by atoms with E-state index in [1.54, 1.807) is 36.1 Å². The Labute approximate surface area is 164 Å². The van der Waals surface area contributed by atoms with Crippen molar-refractivity contribution in [3.05, 3.63) is 83.1 Å². The van der Waals surface area contributed by atoms with Gasteiger partial charge in [-0.25, -0.2) is 19.0 Å². The van der Waals surface area contributed by atoms with E-state index < -0.39 is 0 Å². The molecule has 0 aliphatic carbocycles. The van der Waals surface area contributed by atoms with E-state index in [0.717, 1.165) is 10.4 Å². The molecule has 0 fully saturated rings. The average molecular weight is 393 g/mol. The number of aryl methyl sites for hydroxylation is 1. The lowest BCUT2D eigenvalue weighted by Crippen LogP contribution is -2.13. The maximum absolute atomic E-state index is 14.0. The minimum absolute atomic E-state index is 0.301. The van der Waals surface area contributed by atoms with Crippen molar-refractivity contribution < 1.29 is 9.18 Å². The molecule has 2 aromatic heterocycles. The van der Waals surface area contributed by atoms with Crippen LogP contribution in [0.5, 0.6) is 0 Å². The molecule has 28 heavy (non-hydrogen) atoms. The number of nitrogens with zero attached hydrogens (tertiary/aromatic N) is 4. The third-order valence-corrected chi connectivity index (χ3v) is 5.14. The van der Waals surface area contributed by atoms with Gasteiger partial charge in [0.05, 0.1) is 6.54 Å². The smallest absolute Gasteiger partial charge is 0.275 e. The predicted octanol–water partition coefficient (Wildman–Crippen LogP) is 4.15. The molecule has 0 spiro atoms. The van der Waals surface area contributed by atoms with Crippen molar-refractivity contribution in [3.8, 4) is 10.6 Å². The van der Waals surface area contributed by atoms with E-state index in [2.05, 4.69) is 20.4 Å². The number of nitrogens with one attached hydrogen (secondary N) is 1. The predicted molar refractivity (Wildman–Crippen MR) is 106 cm³/mol. The zero-order chi connectivity index (χ0) is 19.5. The van der Waals surface area contributed by atoms with Crippen LogP contribution >= 0.6 is 11.3 Å². The maximum atomic E-state index is 14.0. The summed E-state index contributed by atoms with van der Waals surface area (Å²) in [4.78, 5) is 21.6. The average Bonchev–Trinajstić information content (AvgIpc) is 3.33. The van der Waals surface area contributed by atoms with Crippen LogP contribution in [0.1, 0.15) is 20.9 Å². The Bertz CT molecular complexity index is 1110. The fourth-order valence-electron chi connectivity index (χ4n) is 2.74. The van der Waals surface area contributed by atoms with Crippen LogP contribution in [-0.2, 0) is 6.54 Å². The van der Waals surface area contributed by atoms with Crippen molar-refractivity contribution >= 4 is 22.9 Å². The van der Waals surface area contributed by atoms with Crippen molar-refractivity contribution in [1.82, 2.24) is 19.7 Å². The van der Waals surface area contributed by atoms with Crippen LogP contribution in [0.4, 0.5) is 10.1 Å². The van der Waals surface area contributed by atoms with Gasteiger partial charge in [-0.1, -0.05) is 24.3 Å². The summed E-state index contributed by atoms with van der Waals surface area (Å²) < 4.78 is 15.7. The number of rotatable bonds is 5. The van der Waals surface area contributed by atoms with Crippen molar-refractivity contribution in [2.24, 2.45) is 0 Å². The molecule has 1 N–H and O–H groups in total. The van der Waals surface area contributed by atoms with Gasteiger partial charge in [0.2, 0.25) is 0 Å². The fourth-order valence-corrected chi connectivity index (χ4v) is 3.68. The number of anilines is 1. The summed E-state index contributed by atoms with van der Waals surface area (Å²) in [5.74, 6) is -0.674. The Morgan fingerprint density at radius 2 is 1.96 bits per heavy atom. The highest BCUT2D eigenvalue weighted by Crippen LogP contribution is 2.29. The van der Waals surface area contributed by atoms with Gasteiger partial charge in [-0.15, -0.1) is 11.3 Å². The molecule has 0 radical (unpaired) electrons. The minimum atomic E-state index is -0.355. The van der Waals surface area contributed by atoms with Crippen molar-refractivity contribution in [1.29, 1.82) is 0 Å². The molecule has 8 heteroatoms. The topological polar surface area (TPSA) is 72.7 Å². The van der Waals surface area contributed by atoms with Crippen LogP contribution in [-0.4, -0.2) is 25.7 Å². The largest absolute Gasteiger partial charge is 0.321 e. The fraction of sp³-hybridized carbons (Fsp3) is 0.100. The van der Waals surface area contributed by atoms with Gasteiger partial charge in [0.25, 0.3) is 5.91 Å². The summed E-state index contributed by atoms with van der Waals surface area (Å²) in [6, 6.07) is 13.9. The van der Waals surface area contributed by atoms with Crippen LogP contribution in [0.15, 0.2) is 61.2 Å². The number of hydrogen-bond acceptors (Lipinski definition) is 5. The molecule has 0 bridgehead atoms. The first-order valence-electron chi connectivity index (χ1n) is 8.55. The number of hydrogen-bond donors (Lipinski definition) is 1. The number of thiazole rings is 1. The van der Waals surface area contributed by atoms with Gasteiger partial charge >= 0.3 is 0 Å². The lowest BCUT2D eigenvalue weighted by Gasteiger charge is -2.06. The summed E-state index contributed by atoms with van der Waals surface area (Å²) in [6.07, 6.45) is 3.13. The Hall–Kier alpha value is -3.39. The molecule has 0 aliphatic heterocycles. The molecule has 2 aromatic carbocycles. The van der Waals surface area contributed by atoms with Crippen LogP contribution in [0.2, 0.25) is 0 Å². The number of aromatic nitrogens is 4. The summed E-state index contributed by atoms with van der Waals surface area (Å²) >= 11 is 1.30. The first kappa shape index (κ1) is 18.0. The van der Waals surface area contributed by atoms with Gasteiger partial charge in [-0.3, -0.25) is 4.79 Å². The SMILES string of the molecule is Cc1sc(-c2ccccc2F)nc1C(=O)Nc1ccc(Cn2cncn2)cc1. The van der Waals surface area contributed by atoms with E-state index in [0.29, 0.717) is 28.5 Å². The summed E-state index contributed by atoms with van der Waals surface area (Å²) in [6.45, 7) is 2.41. The highest BCUT2D eigenvalue weighted by molar-refractivity contribution is 7.15. The van der Waals surface area contributed by atoms with E-state index >= 15 is 0 Å². The first-order valence-corrected chi connectivity index (χ1v) is 9.37. The lowest BCUT2D eigenvalue weighted by molar-refractivity contribution is 0.102. The lowest BCUT2D eigenvalue weighted by atomic mass is 10.2. The van der Waals surface area contributed by atoms with Crippen LogP contribution in [0, 0.1) is 12.7 Å². The zero-order valence-corrected chi connectivity index (χ0v) is 15.8.